The van der Waals surface area contributed by atoms with Gasteiger partial charge < -0.3 is 0 Å². The largest absolute Gasteiger partial charge is 0.261 e. The lowest BCUT2D eigenvalue weighted by Gasteiger charge is -1.98. The highest BCUT2D eigenvalue weighted by Gasteiger charge is 1.96. The van der Waals surface area contributed by atoms with Crippen LogP contribution in [0.15, 0.2) is 42.7 Å². The molecule has 0 aromatic carbocycles. The number of aromatic nitrogens is 2. The maximum absolute atomic E-state index is 4.24. The van der Waals surface area contributed by atoms with Crippen molar-refractivity contribution in [2.24, 2.45) is 0 Å². The van der Waals surface area contributed by atoms with Crippen LogP contribution in [0.25, 0.3) is 11.3 Å². The summed E-state index contributed by atoms with van der Waals surface area (Å²) in [5.74, 6) is 0. The molecule has 78 valence electrons. The van der Waals surface area contributed by atoms with Gasteiger partial charge in [0.05, 0.1) is 5.69 Å². The molecule has 0 aliphatic heterocycles. The Hall–Kier alpha value is -1.70. The molecule has 0 fully saturated rings. The topological polar surface area (TPSA) is 25.8 Å². The van der Waals surface area contributed by atoms with E-state index in [0.29, 0.717) is 0 Å². The van der Waals surface area contributed by atoms with Crippen LogP contribution < -0.4 is 0 Å². The molecule has 0 unspecified atom stereocenters. The molecule has 0 aliphatic carbocycles. The maximum Gasteiger partial charge on any atom is 0.0717 e. The molecular weight excluding hydrogens is 184 g/mol. The Bertz CT molecular complexity index is 379. The van der Waals surface area contributed by atoms with Crippen LogP contribution in [0.4, 0.5) is 0 Å². The summed E-state index contributed by atoms with van der Waals surface area (Å²) < 4.78 is 0. The standard InChI is InChI=1S/C11H10N2.C2H6/c1-9-5-6-10(8-13-9)11-4-2-3-7-12-11;1-2/h2-8H,1H3;1-2H3. The number of nitrogens with zero attached hydrogens (tertiary/aromatic N) is 2. The molecule has 0 amide bonds. The van der Waals surface area contributed by atoms with Crippen molar-refractivity contribution in [3.63, 3.8) is 0 Å². The average molecular weight is 200 g/mol. The van der Waals surface area contributed by atoms with E-state index in [0.717, 1.165) is 17.0 Å². The Labute approximate surface area is 91.0 Å². The number of hydrogen-bond acceptors (Lipinski definition) is 2. The van der Waals surface area contributed by atoms with Crippen molar-refractivity contribution in [1.82, 2.24) is 9.97 Å². The van der Waals surface area contributed by atoms with Gasteiger partial charge in [-0.25, -0.2) is 0 Å². The predicted octanol–water partition coefficient (Wildman–Crippen LogP) is 3.48. The van der Waals surface area contributed by atoms with Crippen LogP contribution in [0.2, 0.25) is 0 Å². The summed E-state index contributed by atoms with van der Waals surface area (Å²) >= 11 is 0. The van der Waals surface area contributed by atoms with E-state index < -0.39 is 0 Å². The van der Waals surface area contributed by atoms with E-state index in [1.54, 1.807) is 6.20 Å². The van der Waals surface area contributed by atoms with Gasteiger partial charge >= 0.3 is 0 Å². The molecule has 2 heteroatoms. The van der Waals surface area contributed by atoms with E-state index in [2.05, 4.69) is 9.97 Å². The Morgan fingerprint density at radius 1 is 0.933 bits per heavy atom. The van der Waals surface area contributed by atoms with E-state index in [-0.39, 0.29) is 0 Å². The minimum Gasteiger partial charge on any atom is -0.261 e. The van der Waals surface area contributed by atoms with Gasteiger partial charge in [-0.1, -0.05) is 19.9 Å². The van der Waals surface area contributed by atoms with Crippen molar-refractivity contribution in [3.05, 3.63) is 48.4 Å². The normalized spacial score (nSPS) is 9.00. The summed E-state index contributed by atoms with van der Waals surface area (Å²) in [6, 6.07) is 9.88. The number of hydrogen-bond donors (Lipinski definition) is 0. The Morgan fingerprint density at radius 2 is 1.73 bits per heavy atom. The van der Waals surface area contributed by atoms with Crippen molar-refractivity contribution in [2.45, 2.75) is 20.8 Å². The first-order valence-corrected chi connectivity index (χ1v) is 5.20. The molecule has 2 nitrogen and oxygen atoms in total. The second-order valence-corrected chi connectivity index (χ2v) is 2.90. The van der Waals surface area contributed by atoms with Crippen LogP contribution in [-0.4, -0.2) is 9.97 Å². The SMILES string of the molecule is CC.Cc1ccc(-c2ccccn2)cn1. The van der Waals surface area contributed by atoms with E-state index in [4.69, 9.17) is 0 Å². The van der Waals surface area contributed by atoms with Gasteiger partial charge in [-0.05, 0) is 31.2 Å². The van der Waals surface area contributed by atoms with Crippen molar-refractivity contribution >= 4 is 0 Å². The third kappa shape index (κ3) is 3.17. The Balaban J connectivity index is 0.000000531. The summed E-state index contributed by atoms with van der Waals surface area (Å²) in [6.45, 7) is 5.97. The van der Waals surface area contributed by atoms with Crippen LogP contribution in [0, 0.1) is 6.92 Å². The zero-order chi connectivity index (χ0) is 11.1. The third-order valence-electron chi connectivity index (χ3n) is 1.87. The molecule has 0 N–H and O–H groups in total. The molecule has 2 aromatic heterocycles. The summed E-state index contributed by atoms with van der Waals surface area (Å²) in [6.07, 6.45) is 3.63. The molecule has 0 atom stereocenters. The maximum atomic E-state index is 4.24. The highest BCUT2D eigenvalue weighted by Crippen LogP contribution is 2.14. The second-order valence-electron chi connectivity index (χ2n) is 2.90. The fourth-order valence-corrected chi connectivity index (χ4v) is 1.15. The quantitative estimate of drug-likeness (QED) is 0.704. The highest BCUT2D eigenvalue weighted by atomic mass is 14.7. The minimum absolute atomic E-state index is 0.968. The van der Waals surface area contributed by atoms with Crippen LogP contribution in [0.3, 0.4) is 0 Å². The van der Waals surface area contributed by atoms with Crippen molar-refractivity contribution < 1.29 is 0 Å². The van der Waals surface area contributed by atoms with Gasteiger partial charge in [0.1, 0.15) is 0 Å². The zero-order valence-corrected chi connectivity index (χ0v) is 9.44. The van der Waals surface area contributed by atoms with Gasteiger partial charge in [-0.3, -0.25) is 9.97 Å². The summed E-state index contributed by atoms with van der Waals surface area (Å²) in [4.78, 5) is 8.45. The second kappa shape index (κ2) is 5.91. The molecule has 0 spiro atoms. The van der Waals surface area contributed by atoms with E-state index in [9.17, 15) is 0 Å². The molecule has 2 heterocycles. The summed E-state index contributed by atoms with van der Waals surface area (Å²) in [7, 11) is 0. The number of pyridine rings is 2. The third-order valence-corrected chi connectivity index (χ3v) is 1.87. The molecule has 2 rings (SSSR count). The molecule has 2 aromatic rings. The lowest BCUT2D eigenvalue weighted by atomic mass is 10.2. The summed E-state index contributed by atoms with van der Waals surface area (Å²) in [5.41, 5.74) is 3.06. The molecule has 0 radical (unpaired) electrons. The van der Waals surface area contributed by atoms with Crippen molar-refractivity contribution in [1.29, 1.82) is 0 Å². The first-order chi connectivity index (χ1) is 7.36. The first-order valence-electron chi connectivity index (χ1n) is 5.20. The summed E-state index contributed by atoms with van der Waals surface area (Å²) in [5, 5.41) is 0. The molecular formula is C13H16N2. The van der Waals surface area contributed by atoms with Crippen LogP contribution in [-0.2, 0) is 0 Å². The van der Waals surface area contributed by atoms with Crippen molar-refractivity contribution in [3.8, 4) is 11.3 Å². The molecule has 0 saturated carbocycles. The smallest absolute Gasteiger partial charge is 0.0717 e. The average Bonchev–Trinajstić information content (AvgIpc) is 2.34. The van der Waals surface area contributed by atoms with Gasteiger partial charge in [0.2, 0.25) is 0 Å². The van der Waals surface area contributed by atoms with Gasteiger partial charge in [-0.15, -0.1) is 0 Å². The fourth-order valence-electron chi connectivity index (χ4n) is 1.15. The lowest BCUT2D eigenvalue weighted by Crippen LogP contribution is -1.84. The van der Waals surface area contributed by atoms with Gasteiger partial charge in [-0.2, -0.15) is 0 Å². The van der Waals surface area contributed by atoms with Gasteiger partial charge in [0.15, 0.2) is 0 Å². The molecule has 0 bridgehead atoms. The van der Waals surface area contributed by atoms with E-state index in [1.165, 1.54) is 0 Å². The molecule has 15 heavy (non-hydrogen) atoms. The minimum atomic E-state index is 0.968. The first kappa shape index (κ1) is 11.4. The van der Waals surface area contributed by atoms with Crippen LogP contribution >= 0.6 is 0 Å². The molecule has 0 aliphatic rings. The zero-order valence-electron chi connectivity index (χ0n) is 9.44. The van der Waals surface area contributed by atoms with Crippen molar-refractivity contribution in [2.75, 3.05) is 0 Å². The van der Waals surface area contributed by atoms with E-state index in [1.807, 2.05) is 57.3 Å². The van der Waals surface area contributed by atoms with Crippen LogP contribution in [0.1, 0.15) is 19.5 Å². The van der Waals surface area contributed by atoms with Gasteiger partial charge in [0.25, 0.3) is 0 Å². The van der Waals surface area contributed by atoms with Crippen LogP contribution in [0.5, 0.6) is 0 Å². The number of rotatable bonds is 1. The Kier molecular flexibility index (Phi) is 4.48. The van der Waals surface area contributed by atoms with E-state index >= 15 is 0 Å². The Morgan fingerprint density at radius 3 is 2.27 bits per heavy atom. The monoisotopic (exact) mass is 200 g/mol. The molecule has 0 saturated heterocycles. The lowest BCUT2D eigenvalue weighted by molar-refractivity contribution is 1.19. The van der Waals surface area contributed by atoms with Gasteiger partial charge in [0, 0.05) is 23.7 Å². The fraction of sp³-hybridized carbons (Fsp3) is 0.231. The predicted molar refractivity (Wildman–Crippen MR) is 63.6 cm³/mol. The highest BCUT2D eigenvalue weighted by molar-refractivity contribution is 5.57. The number of aryl methyl sites for hydroxylation is 1.